The Morgan fingerprint density at radius 1 is 1.16 bits per heavy atom. The number of carbonyl (C=O) groups is 1. The van der Waals surface area contributed by atoms with Crippen LogP contribution in [0.4, 0.5) is 0 Å². The number of aromatic nitrogens is 2. The van der Waals surface area contributed by atoms with Gasteiger partial charge in [-0.15, -0.1) is 0 Å². The summed E-state index contributed by atoms with van der Waals surface area (Å²) in [5.74, 6) is 0.947. The maximum absolute atomic E-state index is 12.2. The molecular weight excluding hydrogens is 318 g/mol. The molecule has 1 atom stereocenters. The number of nitrogens with one attached hydrogen (secondary N) is 1. The molecular formula is C19H31N3O3. The fourth-order valence-electron chi connectivity index (χ4n) is 3.90. The van der Waals surface area contributed by atoms with Gasteiger partial charge in [0.25, 0.3) is 5.89 Å². The molecule has 0 aliphatic heterocycles. The second-order valence-corrected chi connectivity index (χ2v) is 7.42. The first kappa shape index (κ1) is 18.4. The Morgan fingerprint density at radius 3 is 2.52 bits per heavy atom. The molecule has 0 spiro atoms. The molecule has 140 valence electrons. The molecule has 2 aliphatic carbocycles. The van der Waals surface area contributed by atoms with Crippen LogP contribution in [0.5, 0.6) is 0 Å². The second kappa shape index (κ2) is 9.32. The maximum atomic E-state index is 12.2. The van der Waals surface area contributed by atoms with Crippen molar-refractivity contribution in [3.63, 3.8) is 0 Å². The number of hydrogen-bond donors (Lipinski definition) is 1. The highest BCUT2D eigenvalue weighted by Crippen LogP contribution is 2.28. The van der Waals surface area contributed by atoms with E-state index in [1.165, 1.54) is 38.5 Å². The fourth-order valence-corrected chi connectivity index (χ4v) is 3.90. The van der Waals surface area contributed by atoms with Crippen molar-refractivity contribution in [2.24, 2.45) is 0 Å². The number of carbonyl (C=O) groups excluding carboxylic acids is 1. The first-order chi connectivity index (χ1) is 12.2. The molecule has 1 amide bonds. The van der Waals surface area contributed by atoms with Crippen LogP contribution in [0, 0.1) is 0 Å². The molecule has 2 fully saturated rings. The van der Waals surface area contributed by atoms with Gasteiger partial charge in [-0.05, 0) is 32.1 Å². The van der Waals surface area contributed by atoms with Crippen molar-refractivity contribution in [2.75, 3.05) is 0 Å². The van der Waals surface area contributed by atoms with Gasteiger partial charge in [-0.3, -0.25) is 4.79 Å². The summed E-state index contributed by atoms with van der Waals surface area (Å²) in [5.41, 5.74) is 0. The minimum atomic E-state index is -0.161. The molecule has 1 unspecified atom stereocenters. The number of rotatable bonds is 7. The Hall–Kier alpha value is -1.43. The second-order valence-electron chi connectivity index (χ2n) is 7.42. The van der Waals surface area contributed by atoms with Crippen LogP contribution in [0.1, 0.15) is 95.4 Å². The monoisotopic (exact) mass is 349 g/mol. The van der Waals surface area contributed by atoms with Crippen molar-refractivity contribution < 1.29 is 14.1 Å². The predicted octanol–water partition coefficient (Wildman–Crippen LogP) is 3.86. The van der Waals surface area contributed by atoms with Crippen LogP contribution < -0.4 is 5.32 Å². The zero-order chi connectivity index (χ0) is 17.5. The smallest absolute Gasteiger partial charge is 0.255 e. The Bertz CT molecular complexity index is 534. The molecule has 6 heteroatoms. The summed E-state index contributed by atoms with van der Waals surface area (Å²) in [6.07, 6.45) is 12.9. The van der Waals surface area contributed by atoms with Crippen molar-refractivity contribution in [3.8, 4) is 0 Å². The van der Waals surface area contributed by atoms with E-state index in [4.69, 9.17) is 9.26 Å². The molecule has 0 aromatic carbocycles. The van der Waals surface area contributed by atoms with E-state index >= 15 is 0 Å². The third kappa shape index (κ3) is 5.53. The Balaban J connectivity index is 1.50. The van der Waals surface area contributed by atoms with Gasteiger partial charge < -0.3 is 14.6 Å². The first-order valence-corrected chi connectivity index (χ1v) is 10.0. The van der Waals surface area contributed by atoms with Gasteiger partial charge in [-0.2, -0.15) is 4.98 Å². The molecule has 1 N–H and O–H groups in total. The van der Waals surface area contributed by atoms with Crippen LogP contribution in [0.15, 0.2) is 4.52 Å². The van der Waals surface area contributed by atoms with Gasteiger partial charge in [0.15, 0.2) is 5.82 Å². The van der Waals surface area contributed by atoms with Crippen LogP contribution >= 0.6 is 0 Å². The average Bonchev–Trinajstić information content (AvgIpc) is 3.09. The lowest BCUT2D eigenvalue weighted by molar-refractivity contribution is -0.121. The van der Waals surface area contributed by atoms with Crippen molar-refractivity contribution in [1.82, 2.24) is 15.5 Å². The molecule has 1 aromatic rings. The Morgan fingerprint density at radius 2 is 1.84 bits per heavy atom. The minimum absolute atomic E-state index is 0.0134. The lowest BCUT2D eigenvalue weighted by Gasteiger charge is -2.25. The molecule has 2 saturated carbocycles. The van der Waals surface area contributed by atoms with Gasteiger partial charge in [0.05, 0.1) is 12.5 Å². The molecule has 2 aliphatic rings. The lowest BCUT2D eigenvalue weighted by atomic mass is 9.95. The fraction of sp³-hybridized carbons (Fsp3) is 0.842. The van der Waals surface area contributed by atoms with Crippen LogP contribution in [0.25, 0.3) is 0 Å². The summed E-state index contributed by atoms with van der Waals surface area (Å²) >= 11 is 0. The maximum Gasteiger partial charge on any atom is 0.255 e. The molecule has 1 aromatic heterocycles. The third-order valence-corrected chi connectivity index (χ3v) is 5.33. The van der Waals surface area contributed by atoms with Crippen LogP contribution in [0.3, 0.4) is 0 Å². The summed E-state index contributed by atoms with van der Waals surface area (Å²) in [6.45, 7) is 2.06. The number of hydrogen-bond acceptors (Lipinski definition) is 5. The normalized spacial score (nSPS) is 21.2. The van der Waals surface area contributed by atoms with E-state index in [9.17, 15) is 4.79 Å². The van der Waals surface area contributed by atoms with Crippen LogP contribution in [-0.2, 0) is 16.0 Å². The van der Waals surface area contributed by atoms with Gasteiger partial charge in [0, 0.05) is 6.04 Å². The van der Waals surface area contributed by atoms with Gasteiger partial charge in [0.1, 0.15) is 6.10 Å². The van der Waals surface area contributed by atoms with Crippen molar-refractivity contribution in [1.29, 1.82) is 0 Å². The molecule has 0 radical (unpaired) electrons. The van der Waals surface area contributed by atoms with E-state index in [2.05, 4.69) is 22.4 Å². The Labute approximate surface area is 150 Å². The third-order valence-electron chi connectivity index (χ3n) is 5.33. The summed E-state index contributed by atoms with van der Waals surface area (Å²) in [4.78, 5) is 16.6. The zero-order valence-electron chi connectivity index (χ0n) is 15.3. The van der Waals surface area contributed by atoms with E-state index in [0.717, 1.165) is 32.1 Å². The van der Waals surface area contributed by atoms with E-state index in [0.29, 0.717) is 23.9 Å². The van der Waals surface area contributed by atoms with Crippen molar-refractivity contribution in [3.05, 3.63) is 11.7 Å². The average molecular weight is 349 g/mol. The number of amides is 1. The van der Waals surface area contributed by atoms with Crippen molar-refractivity contribution in [2.45, 2.75) is 102 Å². The zero-order valence-corrected chi connectivity index (χ0v) is 15.3. The van der Waals surface area contributed by atoms with Crippen LogP contribution in [0.2, 0.25) is 0 Å². The highest BCUT2D eigenvalue weighted by Gasteiger charge is 2.24. The molecule has 6 nitrogen and oxygen atoms in total. The Kier molecular flexibility index (Phi) is 6.84. The summed E-state index contributed by atoms with van der Waals surface area (Å²) in [5, 5.41) is 7.08. The van der Waals surface area contributed by atoms with Crippen molar-refractivity contribution >= 4 is 5.91 Å². The quantitative estimate of drug-likeness (QED) is 0.809. The molecule has 0 saturated heterocycles. The van der Waals surface area contributed by atoms with Gasteiger partial charge >= 0.3 is 0 Å². The van der Waals surface area contributed by atoms with E-state index in [1.807, 2.05) is 0 Å². The lowest BCUT2D eigenvalue weighted by Crippen LogP contribution is -2.37. The molecule has 1 heterocycles. The van der Waals surface area contributed by atoms with Gasteiger partial charge in [-0.1, -0.05) is 50.6 Å². The number of ether oxygens (including phenoxy) is 1. The highest BCUT2D eigenvalue weighted by molar-refractivity contribution is 5.78. The predicted molar refractivity (Wildman–Crippen MR) is 94.0 cm³/mol. The summed E-state index contributed by atoms with van der Waals surface area (Å²) < 4.78 is 11.6. The van der Waals surface area contributed by atoms with E-state index in [1.54, 1.807) is 0 Å². The summed E-state index contributed by atoms with van der Waals surface area (Å²) in [7, 11) is 0. The van der Waals surface area contributed by atoms with Crippen LogP contribution in [-0.4, -0.2) is 28.2 Å². The SMILES string of the molecule is CCC(OC1CCCCC1)c1nc(CC(=O)NC2CCCCC2)no1. The number of nitrogens with zero attached hydrogens (tertiary/aromatic N) is 2. The summed E-state index contributed by atoms with van der Waals surface area (Å²) in [6, 6.07) is 0.311. The van der Waals surface area contributed by atoms with E-state index < -0.39 is 0 Å². The topological polar surface area (TPSA) is 77.2 Å². The minimum Gasteiger partial charge on any atom is -0.365 e. The van der Waals surface area contributed by atoms with Gasteiger partial charge in [0.2, 0.25) is 5.91 Å². The van der Waals surface area contributed by atoms with Gasteiger partial charge in [-0.25, -0.2) is 0 Å². The standard InChI is InChI=1S/C19H31N3O3/c1-2-16(24-15-11-7-4-8-12-15)19-21-17(22-25-19)13-18(23)20-14-9-5-3-6-10-14/h14-16H,2-13H2,1H3,(H,20,23). The highest BCUT2D eigenvalue weighted by atomic mass is 16.5. The first-order valence-electron chi connectivity index (χ1n) is 10.0. The molecule has 3 rings (SSSR count). The molecule has 0 bridgehead atoms. The molecule has 25 heavy (non-hydrogen) atoms. The van der Waals surface area contributed by atoms with E-state index in [-0.39, 0.29) is 18.4 Å². The largest absolute Gasteiger partial charge is 0.365 e.